The van der Waals surface area contributed by atoms with Crippen LogP contribution in [0, 0.1) is 11.8 Å². The molecular formula is C6H9NO3. The molecule has 0 aromatic carbocycles. The van der Waals surface area contributed by atoms with Gasteiger partial charge < -0.3 is 15.1 Å². The van der Waals surface area contributed by atoms with E-state index in [1.54, 1.807) is 0 Å². The molecule has 56 valence electrons. The summed E-state index contributed by atoms with van der Waals surface area (Å²) in [6, 6.07) is 0. The van der Waals surface area contributed by atoms with E-state index in [1.807, 2.05) is 0 Å². The Morgan fingerprint density at radius 1 is 1.40 bits per heavy atom. The minimum atomic E-state index is -0.862. The van der Waals surface area contributed by atoms with Crippen LogP contribution in [-0.4, -0.2) is 40.4 Å². The molecule has 4 heteroatoms. The number of amides is 1. The third kappa shape index (κ3) is 0.623. The van der Waals surface area contributed by atoms with Gasteiger partial charge in [0, 0.05) is 24.9 Å². The van der Waals surface area contributed by atoms with Gasteiger partial charge in [0.05, 0.1) is 6.10 Å². The first-order valence-corrected chi connectivity index (χ1v) is 3.36. The van der Waals surface area contributed by atoms with Crippen LogP contribution in [-0.2, 0) is 0 Å². The number of piperidine rings is 1. The third-order valence-corrected chi connectivity index (χ3v) is 2.42. The lowest BCUT2D eigenvalue weighted by molar-refractivity contribution is 0.137. The van der Waals surface area contributed by atoms with Crippen LogP contribution in [0.4, 0.5) is 4.79 Å². The molecule has 0 bridgehead atoms. The molecule has 2 aliphatic rings. The van der Waals surface area contributed by atoms with Gasteiger partial charge in [-0.1, -0.05) is 0 Å². The van der Waals surface area contributed by atoms with Gasteiger partial charge in [0.1, 0.15) is 0 Å². The summed E-state index contributed by atoms with van der Waals surface area (Å²) < 4.78 is 0. The second-order valence-electron chi connectivity index (χ2n) is 3.01. The standard InChI is InChI=1S/C6H9NO3/c8-5-3-1-7(6(9)10)2-4(3)5/h3-5,8H,1-2H2,(H,9,10)/t3-,4+,5?. The predicted octanol–water partition coefficient (Wildman–Crippen LogP) is -0.413. The SMILES string of the molecule is O=C(O)N1C[C@@H]2C(O)[C@@H]2C1. The predicted molar refractivity (Wildman–Crippen MR) is 32.6 cm³/mol. The van der Waals surface area contributed by atoms with Gasteiger partial charge >= 0.3 is 6.09 Å². The number of fused-ring (bicyclic) bond motifs is 1. The number of carbonyl (C=O) groups is 1. The maximum absolute atomic E-state index is 10.3. The molecule has 4 nitrogen and oxygen atoms in total. The highest BCUT2D eigenvalue weighted by atomic mass is 16.4. The first-order valence-electron chi connectivity index (χ1n) is 3.36. The summed E-state index contributed by atoms with van der Waals surface area (Å²) in [6.45, 7) is 1.06. The molecule has 0 spiro atoms. The fourth-order valence-corrected chi connectivity index (χ4v) is 1.65. The molecule has 1 saturated carbocycles. The Kier molecular flexibility index (Phi) is 0.976. The zero-order valence-electron chi connectivity index (χ0n) is 5.40. The zero-order valence-corrected chi connectivity index (χ0v) is 5.40. The van der Waals surface area contributed by atoms with E-state index in [2.05, 4.69) is 0 Å². The van der Waals surface area contributed by atoms with Crippen LogP contribution in [0.15, 0.2) is 0 Å². The average molecular weight is 143 g/mol. The van der Waals surface area contributed by atoms with Crippen LogP contribution in [0.2, 0.25) is 0 Å². The number of nitrogens with zero attached hydrogens (tertiary/aromatic N) is 1. The normalized spacial score (nSPS) is 43.3. The number of hydrogen-bond donors (Lipinski definition) is 2. The quantitative estimate of drug-likeness (QED) is 0.484. The van der Waals surface area contributed by atoms with Gasteiger partial charge in [-0.25, -0.2) is 4.79 Å². The largest absolute Gasteiger partial charge is 0.465 e. The minimum absolute atomic E-state index is 0.212. The van der Waals surface area contributed by atoms with Crippen LogP contribution in [0.25, 0.3) is 0 Å². The van der Waals surface area contributed by atoms with Crippen molar-refractivity contribution in [3.63, 3.8) is 0 Å². The van der Waals surface area contributed by atoms with Crippen molar-refractivity contribution >= 4 is 6.09 Å². The summed E-state index contributed by atoms with van der Waals surface area (Å²) in [6.07, 6.45) is -1.07. The van der Waals surface area contributed by atoms with Gasteiger partial charge in [0.25, 0.3) is 0 Å². The fraction of sp³-hybridized carbons (Fsp3) is 0.833. The van der Waals surface area contributed by atoms with E-state index in [9.17, 15) is 4.79 Å². The smallest absolute Gasteiger partial charge is 0.407 e. The zero-order chi connectivity index (χ0) is 7.30. The van der Waals surface area contributed by atoms with Crippen LogP contribution in [0.3, 0.4) is 0 Å². The minimum Gasteiger partial charge on any atom is -0.465 e. The van der Waals surface area contributed by atoms with Gasteiger partial charge in [-0.05, 0) is 0 Å². The van der Waals surface area contributed by atoms with Crippen LogP contribution in [0.1, 0.15) is 0 Å². The Morgan fingerprint density at radius 2 is 1.90 bits per heavy atom. The van der Waals surface area contributed by atoms with Gasteiger partial charge in [0.15, 0.2) is 0 Å². The molecule has 0 aromatic heterocycles. The lowest BCUT2D eigenvalue weighted by atomic mass is 10.4. The summed E-state index contributed by atoms with van der Waals surface area (Å²) in [7, 11) is 0. The Balaban J connectivity index is 1.95. The van der Waals surface area contributed by atoms with E-state index in [0.717, 1.165) is 0 Å². The monoisotopic (exact) mass is 143 g/mol. The number of carboxylic acid groups (broad SMARTS) is 1. The Hall–Kier alpha value is -0.770. The number of aliphatic hydroxyl groups is 1. The van der Waals surface area contributed by atoms with Crippen molar-refractivity contribution in [1.29, 1.82) is 0 Å². The van der Waals surface area contributed by atoms with Gasteiger partial charge in [-0.3, -0.25) is 0 Å². The number of aliphatic hydroxyl groups excluding tert-OH is 1. The van der Waals surface area contributed by atoms with Crippen LogP contribution < -0.4 is 0 Å². The van der Waals surface area contributed by atoms with E-state index < -0.39 is 6.09 Å². The first kappa shape index (κ1) is 5.97. The molecule has 1 saturated heterocycles. The maximum Gasteiger partial charge on any atom is 0.407 e. The molecule has 0 aromatic rings. The number of hydrogen-bond acceptors (Lipinski definition) is 2. The molecule has 2 N–H and O–H groups in total. The second-order valence-corrected chi connectivity index (χ2v) is 3.01. The summed E-state index contributed by atoms with van der Waals surface area (Å²) in [5.41, 5.74) is 0. The molecule has 1 aliphatic heterocycles. The van der Waals surface area contributed by atoms with Crippen molar-refractivity contribution in [2.24, 2.45) is 11.8 Å². The third-order valence-electron chi connectivity index (χ3n) is 2.42. The van der Waals surface area contributed by atoms with Crippen LogP contribution >= 0.6 is 0 Å². The van der Waals surface area contributed by atoms with Crippen molar-refractivity contribution in [1.82, 2.24) is 4.90 Å². The fourth-order valence-electron chi connectivity index (χ4n) is 1.65. The van der Waals surface area contributed by atoms with Gasteiger partial charge in [-0.15, -0.1) is 0 Å². The average Bonchev–Trinajstić information content (AvgIpc) is 2.38. The topological polar surface area (TPSA) is 60.8 Å². The van der Waals surface area contributed by atoms with Crippen molar-refractivity contribution in [3.05, 3.63) is 0 Å². The Labute approximate surface area is 58.1 Å². The van der Waals surface area contributed by atoms with E-state index in [4.69, 9.17) is 10.2 Å². The lowest BCUT2D eigenvalue weighted by Crippen LogP contribution is -2.30. The van der Waals surface area contributed by atoms with E-state index in [1.165, 1.54) is 4.90 Å². The van der Waals surface area contributed by atoms with Crippen molar-refractivity contribution in [2.75, 3.05) is 13.1 Å². The first-order chi connectivity index (χ1) is 4.70. The van der Waals surface area contributed by atoms with Crippen molar-refractivity contribution < 1.29 is 15.0 Å². The molecule has 1 unspecified atom stereocenters. The highest BCUT2D eigenvalue weighted by molar-refractivity contribution is 5.65. The molecular weight excluding hydrogens is 134 g/mol. The summed E-state index contributed by atoms with van der Waals surface area (Å²) in [5, 5.41) is 17.5. The lowest BCUT2D eigenvalue weighted by Gasteiger charge is -2.13. The van der Waals surface area contributed by atoms with E-state index in [-0.39, 0.29) is 17.9 Å². The number of likely N-dealkylation sites (tertiary alicyclic amines) is 1. The molecule has 1 heterocycles. The van der Waals surface area contributed by atoms with Crippen molar-refractivity contribution in [2.45, 2.75) is 6.10 Å². The Morgan fingerprint density at radius 3 is 2.30 bits per heavy atom. The van der Waals surface area contributed by atoms with Crippen LogP contribution in [0.5, 0.6) is 0 Å². The highest BCUT2D eigenvalue weighted by Crippen LogP contribution is 2.45. The second kappa shape index (κ2) is 1.63. The number of rotatable bonds is 0. The van der Waals surface area contributed by atoms with E-state index >= 15 is 0 Å². The van der Waals surface area contributed by atoms with Gasteiger partial charge in [0.2, 0.25) is 0 Å². The molecule has 10 heavy (non-hydrogen) atoms. The summed E-state index contributed by atoms with van der Waals surface area (Å²) in [5.74, 6) is 0.493. The molecule has 3 atom stereocenters. The maximum atomic E-state index is 10.3. The Bertz CT molecular complexity index is 170. The van der Waals surface area contributed by atoms with Crippen molar-refractivity contribution in [3.8, 4) is 0 Å². The molecule has 1 amide bonds. The molecule has 0 radical (unpaired) electrons. The molecule has 2 rings (SSSR count). The van der Waals surface area contributed by atoms with Gasteiger partial charge in [-0.2, -0.15) is 0 Å². The highest BCUT2D eigenvalue weighted by Gasteiger charge is 2.56. The van der Waals surface area contributed by atoms with E-state index in [0.29, 0.717) is 13.1 Å². The molecule has 2 fully saturated rings. The summed E-state index contributed by atoms with van der Waals surface area (Å²) in [4.78, 5) is 11.7. The summed E-state index contributed by atoms with van der Waals surface area (Å²) >= 11 is 0. The molecule has 1 aliphatic carbocycles.